The van der Waals surface area contributed by atoms with E-state index in [0.29, 0.717) is 0 Å². The van der Waals surface area contributed by atoms with Crippen LogP contribution in [-0.2, 0) is 0 Å². The maximum absolute atomic E-state index is 12.1. The third-order valence-electron chi connectivity index (χ3n) is 3.88. The summed E-state index contributed by atoms with van der Waals surface area (Å²) in [5, 5.41) is 0. The van der Waals surface area contributed by atoms with Gasteiger partial charge >= 0.3 is 0 Å². The van der Waals surface area contributed by atoms with Gasteiger partial charge in [-0.1, -0.05) is 66.7 Å². The van der Waals surface area contributed by atoms with E-state index >= 15 is 0 Å². The Balaban J connectivity index is 2.26. The molecular formula is C21H18O. The first-order valence-corrected chi connectivity index (χ1v) is 7.43. The quantitative estimate of drug-likeness (QED) is 0.578. The summed E-state index contributed by atoms with van der Waals surface area (Å²) in [5.74, 6) is 0.107. The van der Waals surface area contributed by atoms with Gasteiger partial charge in [-0.05, 0) is 47.7 Å². The third kappa shape index (κ3) is 2.71. The molecule has 3 rings (SSSR count). The first-order chi connectivity index (χ1) is 10.7. The lowest BCUT2D eigenvalue weighted by atomic mass is 9.89. The Bertz CT molecular complexity index is 802. The van der Waals surface area contributed by atoms with Crippen molar-refractivity contribution in [1.29, 1.82) is 0 Å². The number of carbonyl (C=O) groups excluding carboxylic acids is 1. The average molecular weight is 286 g/mol. The van der Waals surface area contributed by atoms with Crippen LogP contribution in [-0.4, -0.2) is 5.78 Å². The highest BCUT2D eigenvalue weighted by atomic mass is 16.1. The zero-order valence-corrected chi connectivity index (χ0v) is 12.8. The number of rotatable bonds is 3. The molecule has 0 radical (unpaired) electrons. The number of Topliss-reactive ketones (excluding diaryl/α,β-unsaturated/α-hetero) is 1. The van der Waals surface area contributed by atoms with Crippen molar-refractivity contribution in [2.24, 2.45) is 0 Å². The predicted molar refractivity (Wildman–Crippen MR) is 92.1 cm³/mol. The van der Waals surface area contributed by atoms with E-state index in [9.17, 15) is 4.79 Å². The van der Waals surface area contributed by atoms with Crippen LogP contribution in [0.15, 0.2) is 72.8 Å². The van der Waals surface area contributed by atoms with Crippen molar-refractivity contribution in [2.45, 2.75) is 13.8 Å². The number of carbonyl (C=O) groups is 1. The van der Waals surface area contributed by atoms with Gasteiger partial charge in [0.2, 0.25) is 0 Å². The summed E-state index contributed by atoms with van der Waals surface area (Å²) in [6.07, 6.45) is 0. The molecule has 3 aromatic rings. The van der Waals surface area contributed by atoms with Gasteiger partial charge in [0.25, 0.3) is 0 Å². The molecule has 0 fully saturated rings. The molecule has 1 heteroatoms. The molecule has 0 aliphatic carbocycles. The second-order valence-electron chi connectivity index (χ2n) is 5.50. The highest BCUT2D eigenvalue weighted by Crippen LogP contribution is 2.32. The maximum atomic E-state index is 12.1. The molecule has 0 spiro atoms. The third-order valence-corrected chi connectivity index (χ3v) is 3.88. The lowest BCUT2D eigenvalue weighted by Crippen LogP contribution is -2.00. The van der Waals surface area contributed by atoms with E-state index in [1.807, 2.05) is 43.3 Å². The van der Waals surface area contributed by atoms with Crippen LogP contribution in [0.1, 0.15) is 22.8 Å². The number of hydrogen-bond donors (Lipinski definition) is 0. The van der Waals surface area contributed by atoms with E-state index in [4.69, 9.17) is 0 Å². The van der Waals surface area contributed by atoms with Crippen molar-refractivity contribution in [3.8, 4) is 22.3 Å². The zero-order chi connectivity index (χ0) is 15.5. The van der Waals surface area contributed by atoms with E-state index in [-0.39, 0.29) is 5.78 Å². The molecule has 0 aliphatic heterocycles. The van der Waals surface area contributed by atoms with E-state index in [0.717, 1.165) is 33.4 Å². The van der Waals surface area contributed by atoms with Gasteiger partial charge in [0.15, 0.2) is 5.78 Å². The second kappa shape index (κ2) is 5.98. The van der Waals surface area contributed by atoms with Gasteiger partial charge in [0.1, 0.15) is 0 Å². The lowest BCUT2D eigenvalue weighted by Gasteiger charge is -2.14. The summed E-state index contributed by atoms with van der Waals surface area (Å²) >= 11 is 0. The lowest BCUT2D eigenvalue weighted by molar-refractivity contribution is 0.101. The van der Waals surface area contributed by atoms with Gasteiger partial charge in [-0.25, -0.2) is 0 Å². The first kappa shape index (κ1) is 14.3. The van der Waals surface area contributed by atoms with Gasteiger partial charge in [-0.2, -0.15) is 0 Å². The Hall–Kier alpha value is -2.67. The van der Waals surface area contributed by atoms with Crippen LogP contribution in [0.5, 0.6) is 0 Å². The number of benzene rings is 3. The first-order valence-electron chi connectivity index (χ1n) is 7.43. The van der Waals surface area contributed by atoms with Crippen molar-refractivity contribution < 1.29 is 4.79 Å². The highest BCUT2D eigenvalue weighted by molar-refractivity contribution is 6.03. The fourth-order valence-electron chi connectivity index (χ4n) is 2.90. The highest BCUT2D eigenvalue weighted by Gasteiger charge is 2.14. The molecule has 0 aromatic heterocycles. The summed E-state index contributed by atoms with van der Waals surface area (Å²) in [4.78, 5) is 12.1. The summed E-state index contributed by atoms with van der Waals surface area (Å²) in [5.41, 5.74) is 6.22. The fraction of sp³-hybridized carbons (Fsp3) is 0.0952. The van der Waals surface area contributed by atoms with E-state index < -0.39 is 0 Å². The normalized spacial score (nSPS) is 10.5. The molecule has 0 unspecified atom stereocenters. The topological polar surface area (TPSA) is 17.1 Å². The molecule has 0 saturated carbocycles. The fourth-order valence-corrected chi connectivity index (χ4v) is 2.90. The molecule has 3 aromatic carbocycles. The largest absolute Gasteiger partial charge is 0.294 e. The van der Waals surface area contributed by atoms with Gasteiger partial charge < -0.3 is 0 Å². The smallest absolute Gasteiger partial charge is 0.160 e. The Kier molecular flexibility index (Phi) is 3.88. The van der Waals surface area contributed by atoms with E-state index in [1.54, 1.807) is 6.92 Å². The summed E-state index contributed by atoms with van der Waals surface area (Å²) < 4.78 is 0. The van der Waals surface area contributed by atoms with Crippen LogP contribution < -0.4 is 0 Å². The van der Waals surface area contributed by atoms with Crippen molar-refractivity contribution >= 4 is 5.78 Å². The van der Waals surface area contributed by atoms with E-state index in [1.165, 1.54) is 0 Å². The predicted octanol–water partition coefficient (Wildman–Crippen LogP) is 5.53. The minimum absolute atomic E-state index is 0.107. The zero-order valence-electron chi connectivity index (χ0n) is 12.8. The minimum atomic E-state index is 0.107. The number of aryl methyl sites for hydroxylation is 1. The van der Waals surface area contributed by atoms with Crippen LogP contribution in [0.4, 0.5) is 0 Å². The molecule has 0 atom stereocenters. The molecule has 0 N–H and O–H groups in total. The van der Waals surface area contributed by atoms with Crippen LogP contribution in [0.25, 0.3) is 22.3 Å². The Morgan fingerprint density at radius 2 is 1.27 bits per heavy atom. The van der Waals surface area contributed by atoms with Gasteiger partial charge in [0.05, 0.1) is 0 Å². The number of hydrogen-bond acceptors (Lipinski definition) is 1. The average Bonchev–Trinajstić information content (AvgIpc) is 2.55. The number of ketones is 1. The van der Waals surface area contributed by atoms with Crippen LogP contribution in [0.2, 0.25) is 0 Å². The molecule has 0 saturated heterocycles. The molecule has 0 aliphatic rings. The van der Waals surface area contributed by atoms with Gasteiger partial charge in [-0.3, -0.25) is 4.79 Å². The van der Waals surface area contributed by atoms with Gasteiger partial charge in [-0.15, -0.1) is 0 Å². The molecule has 1 nitrogen and oxygen atoms in total. The summed E-state index contributed by atoms with van der Waals surface area (Å²) in [7, 11) is 0. The standard InChI is InChI=1S/C21H18O/c1-15-13-19(17-9-5-3-6-10-17)14-20(21(15)16(2)22)18-11-7-4-8-12-18/h3-14H,1-2H3. The van der Waals surface area contributed by atoms with Crippen molar-refractivity contribution in [2.75, 3.05) is 0 Å². The van der Waals surface area contributed by atoms with E-state index in [2.05, 4.69) is 36.4 Å². The molecular weight excluding hydrogens is 268 g/mol. The Morgan fingerprint density at radius 3 is 1.82 bits per heavy atom. The van der Waals surface area contributed by atoms with Crippen LogP contribution in [0.3, 0.4) is 0 Å². The monoisotopic (exact) mass is 286 g/mol. The SMILES string of the molecule is CC(=O)c1c(C)cc(-c2ccccc2)cc1-c1ccccc1. The summed E-state index contributed by atoms with van der Waals surface area (Å²) in [6, 6.07) is 24.6. The minimum Gasteiger partial charge on any atom is -0.294 e. The summed E-state index contributed by atoms with van der Waals surface area (Å²) in [6.45, 7) is 3.65. The Labute approximate surface area is 131 Å². The van der Waals surface area contributed by atoms with Crippen molar-refractivity contribution in [1.82, 2.24) is 0 Å². The molecule has 0 heterocycles. The maximum Gasteiger partial charge on any atom is 0.160 e. The molecule has 108 valence electrons. The van der Waals surface area contributed by atoms with Crippen LogP contribution >= 0.6 is 0 Å². The van der Waals surface area contributed by atoms with Crippen molar-refractivity contribution in [3.05, 3.63) is 83.9 Å². The van der Waals surface area contributed by atoms with Crippen molar-refractivity contribution in [3.63, 3.8) is 0 Å². The van der Waals surface area contributed by atoms with Gasteiger partial charge in [0, 0.05) is 5.56 Å². The Morgan fingerprint density at radius 1 is 0.727 bits per heavy atom. The second-order valence-corrected chi connectivity index (χ2v) is 5.50. The van der Waals surface area contributed by atoms with Crippen LogP contribution in [0, 0.1) is 6.92 Å². The molecule has 0 amide bonds. The molecule has 0 bridgehead atoms. The molecule has 22 heavy (non-hydrogen) atoms.